The summed E-state index contributed by atoms with van der Waals surface area (Å²) in [5, 5.41) is 18.2. The molecule has 0 saturated heterocycles. The minimum Gasteiger partial charge on any atom is -0.346 e. The van der Waals surface area contributed by atoms with Crippen LogP contribution >= 0.6 is 0 Å². The van der Waals surface area contributed by atoms with Crippen LogP contribution in [-0.4, -0.2) is 30.9 Å². The van der Waals surface area contributed by atoms with E-state index >= 15 is 0 Å². The normalized spacial score (nSPS) is 12.4. The third-order valence-corrected chi connectivity index (χ3v) is 3.82. The lowest BCUT2D eigenvalue weighted by Gasteiger charge is -2.14. The third kappa shape index (κ3) is 3.72. The summed E-state index contributed by atoms with van der Waals surface area (Å²) in [4.78, 5) is 12.1. The molecule has 22 heavy (non-hydrogen) atoms. The van der Waals surface area contributed by atoms with Crippen LogP contribution in [0.25, 0.3) is 0 Å². The first-order chi connectivity index (χ1) is 10.5. The Kier molecular flexibility index (Phi) is 5.30. The predicted molar refractivity (Wildman–Crippen MR) is 83.3 cm³/mol. The van der Waals surface area contributed by atoms with Gasteiger partial charge in [-0.1, -0.05) is 6.92 Å². The number of carbonyl (C=O) groups is 1. The molecule has 0 radical (unpaired) electrons. The second kappa shape index (κ2) is 7.20. The van der Waals surface area contributed by atoms with Crippen LogP contribution in [0.3, 0.4) is 0 Å². The van der Waals surface area contributed by atoms with Crippen LogP contribution in [0.4, 0.5) is 0 Å². The number of H-pyrrole nitrogens is 1. The van der Waals surface area contributed by atoms with Crippen molar-refractivity contribution < 1.29 is 4.79 Å². The standard InChI is InChI=1S/C15H24N6O/c1-5-8-21-9-16-20-15(21)12(4)17-14(22)7-6-13-10(2)11(3)18-19-13/h9,12H,5-8H2,1-4H3,(H,17,22)(H,18,19)/t12-/m0/s1. The minimum absolute atomic E-state index is 0.00129. The van der Waals surface area contributed by atoms with Gasteiger partial charge in [-0.25, -0.2) is 0 Å². The van der Waals surface area contributed by atoms with Gasteiger partial charge >= 0.3 is 0 Å². The van der Waals surface area contributed by atoms with E-state index in [0.717, 1.165) is 35.7 Å². The molecule has 0 fully saturated rings. The molecule has 2 rings (SSSR count). The molecule has 0 aliphatic heterocycles. The van der Waals surface area contributed by atoms with Crippen LogP contribution in [0.15, 0.2) is 6.33 Å². The molecule has 120 valence electrons. The summed E-state index contributed by atoms with van der Waals surface area (Å²) in [5.41, 5.74) is 3.13. The summed E-state index contributed by atoms with van der Waals surface area (Å²) in [7, 11) is 0. The van der Waals surface area contributed by atoms with Crippen molar-refractivity contribution in [2.45, 2.75) is 59.5 Å². The average Bonchev–Trinajstić information content (AvgIpc) is 3.06. The highest BCUT2D eigenvalue weighted by Gasteiger charge is 2.16. The molecular weight excluding hydrogens is 280 g/mol. The molecule has 2 aromatic rings. The number of aromatic nitrogens is 5. The van der Waals surface area contributed by atoms with Gasteiger partial charge in [-0.05, 0) is 32.8 Å². The van der Waals surface area contributed by atoms with Crippen LogP contribution < -0.4 is 5.32 Å². The molecule has 0 aliphatic carbocycles. The topological polar surface area (TPSA) is 88.5 Å². The van der Waals surface area contributed by atoms with E-state index in [9.17, 15) is 4.79 Å². The van der Waals surface area contributed by atoms with Crippen molar-refractivity contribution in [1.29, 1.82) is 0 Å². The quantitative estimate of drug-likeness (QED) is 0.817. The fourth-order valence-electron chi connectivity index (χ4n) is 2.40. The Morgan fingerprint density at radius 1 is 1.45 bits per heavy atom. The SMILES string of the molecule is CCCn1cnnc1[C@H](C)NC(=O)CCc1n[nH]c(C)c1C. The van der Waals surface area contributed by atoms with E-state index in [1.54, 1.807) is 6.33 Å². The first-order valence-electron chi connectivity index (χ1n) is 7.70. The molecule has 0 unspecified atom stereocenters. The Labute approximate surface area is 130 Å². The van der Waals surface area contributed by atoms with Crippen LogP contribution in [0.1, 0.15) is 55.5 Å². The summed E-state index contributed by atoms with van der Waals surface area (Å²) in [6.07, 6.45) is 3.76. The summed E-state index contributed by atoms with van der Waals surface area (Å²) in [6, 6.07) is -0.149. The summed E-state index contributed by atoms with van der Waals surface area (Å²) >= 11 is 0. The molecule has 2 aromatic heterocycles. The average molecular weight is 304 g/mol. The van der Waals surface area contributed by atoms with Gasteiger partial charge in [0.05, 0.1) is 11.7 Å². The molecule has 7 nitrogen and oxygen atoms in total. The summed E-state index contributed by atoms with van der Waals surface area (Å²) < 4.78 is 1.98. The molecule has 7 heteroatoms. The zero-order valence-corrected chi connectivity index (χ0v) is 13.7. The number of hydrogen-bond acceptors (Lipinski definition) is 4. The van der Waals surface area contributed by atoms with Gasteiger partial charge in [0, 0.05) is 25.1 Å². The Morgan fingerprint density at radius 2 is 2.23 bits per heavy atom. The number of rotatable bonds is 7. The molecule has 2 N–H and O–H groups in total. The molecular formula is C15H24N6O. The molecule has 0 aliphatic rings. The fourth-order valence-corrected chi connectivity index (χ4v) is 2.40. The molecule has 0 bridgehead atoms. The first kappa shape index (κ1) is 16.2. The van der Waals surface area contributed by atoms with Crippen molar-refractivity contribution in [3.8, 4) is 0 Å². The van der Waals surface area contributed by atoms with Crippen molar-refractivity contribution in [3.05, 3.63) is 29.1 Å². The van der Waals surface area contributed by atoms with Crippen molar-refractivity contribution >= 4 is 5.91 Å². The molecule has 1 atom stereocenters. The number of amides is 1. The Bertz CT molecular complexity index is 630. The van der Waals surface area contributed by atoms with E-state index < -0.39 is 0 Å². The summed E-state index contributed by atoms with van der Waals surface area (Å²) in [5.74, 6) is 0.792. The summed E-state index contributed by atoms with van der Waals surface area (Å²) in [6.45, 7) is 8.88. The van der Waals surface area contributed by atoms with Crippen LogP contribution in [-0.2, 0) is 17.8 Å². The van der Waals surface area contributed by atoms with Gasteiger partial charge in [-0.15, -0.1) is 10.2 Å². The largest absolute Gasteiger partial charge is 0.346 e. The monoisotopic (exact) mass is 304 g/mol. The van der Waals surface area contributed by atoms with Crippen molar-refractivity contribution in [2.75, 3.05) is 0 Å². The fraction of sp³-hybridized carbons (Fsp3) is 0.600. The van der Waals surface area contributed by atoms with Gasteiger partial charge in [0.1, 0.15) is 6.33 Å². The van der Waals surface area contributed by atoms with Crippen LogP contribution in [0.5, 0.6) is 0 Å². The molecule has 0 spiro atoms. The van der Waals surface area contributed by atoms with Crippen molar-refractivity contribution in [3.63, 3.8) is 0 Å². The van der Waals surface area contributed by atoms with Crippen LogP contribution in [0, 0.1) is 13.8 Å². The number of nitrogens with zero attached hydrogens (tertiary/aromatic N) is 4. The minimum atomic E-state index is -0.149. The highest BCUT2D eigenvalue weighted by atomic mass is 16.1. The van der Waals surface area contributed by atoms with Gasteiger partial charge < -0.3 is 9.88 Å². The Balaban J connectivity index is 1.88. The lowest BCUT2D eigenvalue weighted by molar-refractivity contribution is -0.121. The predicted octanol–water partition coefficient (Wildman–Crippen LogP) is 1.84. The lowest BCUT2D eigenvalue weighted by Crippen LogP contribution is -2.29. The number of carbonyl (C=O) groups excluding carboxylic acids is 1. The third-order valence-electron chi connectivity index (χ3n) is 3.82. The number of aryl methyl sites for hydroxylation is 3. The molecule has 0 saturated carbocycles. The second-order valence-corrected chi connectivity index (χ2v) is 5.59. The smallest absolute Gasteiger partial charge is 0.220 e. The van der Waals surface area contributed by atoms with Gasteiger partial charge in [-0.3, -0.25) is 9.89 Å². The molecule has 1 amide bonds. The van der Waals surface area contributed by atoms with Crippen molar-refractivity contribution in [1.82, 2.24) is 30.3 Å². The van der Waals surface area contributed by atoms with Gasteiger partial charge in [0.2, 0.25) is 5.91 Å². The van der Waals surface area contributed by atoms with Crippen LogP contribution in [0.2, 0.25) is 0 Å². The Morgan fingerprint density at radius 3 is 2.86 bits per heavy atom. The maximum absolute atomic E-state index is 12.1. The maximum atomic E-state index is 12.1. The maximum Gasteiger partial charge on any atom is 0.220 e. The first-order valence-corrected chi connectivity index (χ1v) is 7.70. The molecule has 0 aromatic carbocycles. The van der Waals surface area contributed by atoms with Gasteiger partial charge in [0.25, 0.3) is 0 Å². The lowest BCUT2D eigenvalue weighted by atomic mass is 10.1. The number of aromatic amines is 1. The van der Waals surface area contributed by atoms with Gasteiger partial charge in [0.15, 0.2) is 5.82 Å². The molecule has 2 heterocycles. The van der Waals surface area contributed by atoms with E-state index in [2.05, 4.69) is 32.6 Å². The highest BCUT2D eigenvalue weighted by Crippen LogP contribution is 2.12. The van der Waals surface area contributed by atoms with E-state index in [-0.39, 0.29) is 11.9 Å². The van der Waals surface area contributed by atoms with E-state index in [1.165, 1.54) is 0 Å². The van der Waals surface area contributed by atoms with E-state index in [4.69, 9.17) is 0 Å². The highest BCUT2D eigenvalue weighted by molar-refractivity contribution is 5.76. The zero-order chi connectivity index (χ0) is 16.1. The second-order valence-electron chi connectivity index (χ2n) is 5.59. The van der Waals surface area contributed by atoms with Gasteiger partial charge in [-0.2, -0.15) is 5.10 Å². The number of nitrogens with one attached hydrogen (secondary N) is 2. The van der Waals surface area contributed by atoms with E-state index in [1.807, 2.05) is 25.3 Å². The number of hydrogen-bond donors (Lipinski definition) is 2. The van der Waals surface area contributed by atoms with Crippen molar-refractivity contribution in [2.24, 2.45) is 0 Å². The Hall–Kier alpha value is -2.18. The zero-order valence-electron chi connectivity index (χ0n) is 13.7. The van der Waals surface area contributed by atoms with E-state index in [0.29, 0.717) is 12.8 Å².